The molecule has 0 aromatic heterocycles. The molecule has 2 aliphatic heterocycles. The summed E-state index contributed by atoms with van der Waals surface area (Å²) in [6.45, 7) is 3.10. The van der Waals surface area contributed by atoms with Crippen molar-refractivity contribution >= 4 is 0 Å². The third kappa shape index (κ3) is 3.23. The van der Waals surface area contributed by atoms with Gasteiger partial charge in [0.1, 0.15) is 18.3 Å². The zero-order valence-corrected chi connectivity index (χ0v) is 13.7. The summed E-state index contributed by atoms with van der Waals surface area (Å²) in [6, 6.07) is 20.2. The van der Waals surface area contributed by atoms with E-state index in [0.717, 1.165) is 11.1 Å². The molecule has 4 rings (SSSR count). The fraction of sp³-hybridized carbons (Fsp3) is 0.400. The van der Waals surface area contributed by atoms with Gasteiger partial charge in [-0.25, -0.2) is 0 Å². The van der Waals surface area contributed by atoms with Gasteiger partial charge >= 0.3 is 0 Å². The second-order valence-corrected chi connectivity index (χ2v) is 6.32. The van der Waals surface area contributed by atoms with Crippen LogP contribution in [0.1, 0.15) is 24.3 Å². The van der Waals surface area contributed by atoms with Gasteiger partial charge in [-0.05, 0) is 12.5 Å². The SMILES string of the molecule is CC1OCC(OCc2ccccc2)C2O[C@H](c3ccccc3)O[C@H]12. The predicted octanol–water partition coefficient (Wildman–Crippen LogP) is 3.47. The molecule has 2 aliphatic rings. The summed E-state index contributed by atoms with van der Waals surface area (Å²) in [6.07, 6.45) is -0.694. The lowest BCUT2D eigenvalue weighted by Crippen LogP contribution is -2.51. The van der Waals surface area contributed by atoms with Gasteiger partial charge in [0.2, 0.25) is 0 Å². The van der Waals surface area contributed by atoms with E-state index in [1.165, 1.54) is 0 Å². The van der Waals surface area contributed by atoms with E-state index in [1.54, 1.807) is 0 Å². The minimum absolute atomic E-state index is 0.000266. The van der Waals surface area contributed by atoms with Gasteiger partial charge in [-0.15, -0.1) is 0 Å². The van der Waals surface area contributed by atoms with Crippen LogP contribution >= 0.6 is 0 Å². The maximum Gasteiger partial charge on any atom is 0.184 e. The van der Waals surface area contributed by atoms with Crippen LogP contribution in [0.4, 0.5) is 0 Å². The quantitative estimate of drug-likeness (QED) is 0.862. The number of fused-ring (bicyclic) bond motifs is 1. The van der Waals surface area contributed by atoms with Gasteiger partial charge in [0.05, 0.1) is 19.3 Å². The first-order valence-corrected chi connectivity index (χ1v) is 8.44. The van der Waals surface area contributed by atoms with Crippen molar-refractivity contribution in [1.82, 2.24) is 0 Å². The summed E-state index contributed by atoms with van der Waals surface area (Å²) < 4.78 is 24.2. The Morgan fingerprint density at radius 1 is 0.917 bits per heavy atom. The molecule has 0 saturated carbocycles. The molecule has 4 heteroatoms. The molecule has 0 aliphatic carbocycles. The Kier molecular flexibility index (Phi) is 4.63. The first-order valence-electron chi connectivity index (χ1n) is 8.44. The molecule has 2 heterocycles. The molecule has 2 aromatic rings. The third-order valence-corrected chi connectivity index (χ3v) is 4.62. The molecule has 2 aromatic carbocycles. The van der Waals surface area contributed by atoms with Crippen molar-refractivity contribution in [2.24, 2.45) is 0 Å². The van der Waals surface area contributed by atoms with Crippen molar-refractivity contribution in [3.63, 3.8) is 0 Å². The average molecular weight is 326 g/mol. The van der Waals surface area contributed by atoms with E-state index in [4.69, 9.17) is 18.9 Å². The second kappa shape index (κ2) is 7.03. The Bertz CT molecular complexity index is 645. The maximum absolute atomic E-state index is 6.20. The molecule has 2 fully saturated rings. The minimum Gasteiger partial charge on any atom is -0.373 e. The molecule has 5 atom stereocenters. The molecular formula is C20H22O4. The first kappa shape index (κ1) is 15.8. The molecule has 126 valence electrons. The van der Waals surface area contributed by atoms with Gasteiger partial charge in [-0.1, -0.05) is 60.7 Å². The van der Waals surface area contributed by atoms with Crippen LogP contribution in [-0.2, 0) is 25.6 Å². The van der Waals surface area contributed by atoms with E-state index >= 15 is 0 Å². The lowest BCUT2D eigenvalue weighted by Gasteiger charge is -2.35. The Morgan fingerprint density at radius 2 is 1.58 bits per heavy atom. The fourth-order valence-electron chi connectivity index (χ4n) is 3.27. The molecule has 0 amide bonds. The van der Waals surface area contributed by atoms with Gasteiger partial charge in [-0.2, -0.15) is 0 Å². The second-order valence-electron chi connectivity index (χ2n) is 6.32. The highest BCUT2D eigenvalue weighted by Gasteiger charge is 2.48. The summed E-state index contributed by atoms with van der Waals surface area (Å²) in [5.74, 6) is 0. The van der Waals surface area contributed by atoms with E-state index in [2.05, 4.69) is 12.1 Å². The normalized spacial score (nSPS) is 32.5. The fourth-order valence-corrected chi connectivity index (χ4v) is 3.27. The number of benzene rings is 2. The number of hydrogen-bond donors (Lipinski definition) is 0. The van der Waals surface area contributed by atoms with Crippen molar-refractivity contribution in [3.05, 3.63) is 71.8 Å². The molecular weight excluding hydrogens is 304 g/mol. The maximum atomic E-state index is 6.20. The van der Waals surface area contributed by atoms with Crippen LogP contribution in [-0.4, -0.2) is 31.0 Å². The van der Waals surface area contributed by atoms with Crippen LogP contribution in [0, 0.1) is 0 Å². The summed E-state index contributed by atoms with van der Waals surface area (Å²) in [5.41, 5.74) is 2.17. The van der Waals surface area contributed by atoms with Gasteiger partial charge < -0.3 is 18.9 Å². The lowest BCUT2D eigenvalue weighted by molar-refractivity contribution is -0.161. The Balaban J connectivity index is 1.45. The van der Waals surface area contributed by atoms with Gasteiger partial charge in [-0.3, -0.25) is 0 Å². The largest absolute Gasteiger partial charge is 0.373 e. The third-order valence-electron chi connectivity index (χ3n) is 4.62. The molecule has 4 nitrogen and oxygen atoms in total. The molecule has 0 radical (unpaired) electrons. The molecule has 0 spiro atoms. The van der Waals surface area contributed by atoms with E-state index in [1.807, 2.05) is 55.5 Å². The molecule has 0 N–H and O–H groups in total. The van der Waals surface area contributed by atoms with Crippen molar-refractivity contribution < 1.29 is 18.9 Å². The number of ether oxygens (including phenoxy) is 4. The zero-order chi connectivity index (χ0) is 16.4. The smallest absolute Gasteiger partial charge is 0.184 e. The van der Waals surface area contributed by atoms with Crippen LogP contribution in [0.3, 0.4) is 0 Å². The Morgan fingerprint density at radius 3 is 2.33 bits per heavy atom. The topological polar surface area (TPSA) is 36.9 Å². The van der Waals surface area contributed by atoms with Crippen molar-refractivity contribution in [2.75, 3.05) is 6.61 Å². The highest BCUT2D eigenvalue weighted by atomic mass is 16.8. The number of rotatable bonds is 4. The van der Waals surface area contributed by atoms with Crippen LogP contribution in [0.15, 0.2) is 60.7 Å². The summed E-state index contributed by atoms with van der Waals surface area (Å²) in [7, 11) is 0. The molecule has 2 saturated heterocycles. The van der Waals surface area contributed by atoms with Crippen molar-refractivity contribution in [3.8, 4) is 0 Å². The highest BCUT2D eigenvalue weighted by Crippen LogP contribution is 2.38. The van der Waals surface area contributed by atoms with Crippen molar-refractivity contribution in [1.29, 1.82) is 0 Å². The highest BCUT2D eigenvalue weighted by molar-refractivity contribution is 5.17. The molecule has 3 unspecified atom stereocenters. The van der Waals surface area contributed by atoms with Crippen LogP contribution in [0.25, 0.3) is 0 Å². The van der Waals surface area contributed by atoms with E-state index < -0.39 is 0 Å². The van der Waals surface area contributed by atoms with E-state index in [0.29, 0.717) is 13.2 Å². The van der Waals surface area contributed by atoms with Gasteiger partial charge in [0, 0.05) is 5.56 Å². The summed E-state index contributed by atoms with van der Waals surface area (Å²) >= 11 is 0. The number of hydrogen-bond acceptors (Lipinski definition) is 4. The molecule has 0 bridgehead atoms. The van der Waals surface area contributed by atoms with Crippen LogP contribution < -0.4 is 0 Å². The summed E-state index contributed by atoms with van der Waals surface area (Å²) in [5, 5.41) is 0. The van der Waals surface area contributed by atoms with Crippen LogP contribution in [0.5, 0.6) is 0 Å². The summed E-state index contributed by atoms with van der Waals surface area (Å²) in [4.78, 5) is 0. The Hall–Kier alpha value is -1.72. The molecule has 24 heavy (non-hydrogen) atoms. The van der Waals surface area contributed by atoms with Crippen LogP contribution in [0.2, 0.25) is 0 Å². The van der Waals surface area contributed by atoms with E-state index in [9.17, 15) is 0 Å². The van der Waals surface area contributed by atoms with Crippen molar-refractivity contribution in [2.45, 2.75) is 44.2 Å². The lowest BCUT2D eigenvalue weighted by atomic mass is 10.0. The van der Waals surface area contributed by atoms with E-state index in [-0.39, 0.29) is 30.7 Å². The Labute approximate surface area is 142 Å². The first-order chi connectivity index (χ1) is 11.8. The standard InChI is InChI=1S/C20H22O4/c1-14-18-19(24-20(23-18)16-10-6-3-7-11-16)17(13-21-14)22-12-15-8-4-2-5-9-15/h2-11,14,17-20H,12-13H2,1H3/t14?,17?,18-,19?,20-/m1/s1. The average Bonchev–Trinajstić information content (AvgIpc) is 3.09. The minimum atomic E-state index is -0.354. The van der Waals surface area contributed by atoms with Gasteiger partial charge in [0.15, 0.2) is 6.29 Å². The van der Waals surface area contributed by atoms with Gasteiger partial charge in [0.25, 0.3) is 0 Å². The monoisotopic (exact) mass is 326 g/mol. The zero-order valence-electron chi connectivity index (χ0n) is 13.7. The predicted molar refractivity (Wildman–Crippen MR) is 89.4 cm³/mol.